The molecule has 2 rings (SSSR count). The van der Waals surface area contributed by atoms with Crippen LogP contribution in [0.1, 0.15) is 37.0 Å². The molecule has 0 bridgehead atoms. The number of carbonyl (C=O) groups excluding carboxylic acids is 1. The number of halogens is 2. The quantitative estimate of drug-likeness (QED) is 0.901. The molecule has 0 aliphatic carbocycles. The van der Waals surface area contributed by atoms with Gasteiger partial charge in [0.15, 0.2) is 0 Å². The highest BCUT2D eigenvalue weighted by Gasteiger charge is 2.32. The van der Waals surface area contributed by atoms with E-state index in [9.17, 15) is 9.18 Å². The normalized spacial score (nSPS) is 20.9. The van der Waals surface area contributed by atoms with E-state index in [0.717, 1.165) is 19.4 Å². The van der Waals surface area contributed by atoms with E-state index in [-0.39, 0.29) is 35.3 Å². The Balaban J connectivity index is 0.00000200. The van der Waals surface area contributed by atoms with Crippen LogP contribution in [0.2, 0.25) is 0 Å². The number of piperidine rings is 1. The first-order valence-electron chi connectivity index (χ1n) is 6.77. The van der Waals surface area contributed by atoms with Gasteiger partial charge in [0.25, 0.3) is 5.91 Å². The molecule has 0 aromatic heterocycles. The highest BCUT2D eigenvalue weighted by molar-refractivity contribution is 5.94. The predicted molar refractivity (Wildman–Crippen MR) is 80.8 cm³/mol. The van der Waals surface area contributed by atoms with E-state index < -0.39 is 5.82 Å². The monoisotopic (exact) mass is 300 g/mol. The van der Waals surface area contributed by atoms with Crippen molar-refractivity contribution in [2.24, 2.45) is 5.41 Å². The fraction of sp³-hybridized carbons (Fsp3) is 0.533. The number of carbonyl (C=O) groups is 1. The fourth-order valence-electron chi connectivity index (χ4n) is 2.55. The van der Waals surface area contributed by atoms with Gasteiger partial charge in [0.05, 0.1) is 5.56 Å². The van der Waals surface area contributed by atoms with Crippen LogP contribution in [0.5, 0.6) is 0 Å². The van der Waals surface area contributed by atoms with Gasteiger partial charge >= 0.3 is 0 Å². The Hall–Kier alpha value is -1.13. The Morgan fingerprint density at radius 2 is 2.15 bits per heavy atom. The fourth-order valence-corrected chi connectivity index (χ4v) is 2.55. The summed E-state index contributed by atoms with van der Waals surface area (Å²) < 4.78 is 13.5. The lowest BCUT2D eigenvalue weighted by Crippen LogP contribution is -2.52. The molecule has 1 fully saturated rings. The lowest BCUT2D eigenvalue weighted by atomic mass is 9.77. The summed E-state index contributed by atoms with van der Waals surface area (Å²) in [6.45, 7) is 5.89. The van der Waals surface area contributed by atoms with Gasteiger partial charge in [-0.15, -0.1) is 12.4 Å². The topological polar surface area (TPSA) is 41.1 Å². The van der Waals surface area contributed by atoms with Crippen LogP contribution in [0.4, 0.5) is 4.39 Å². The molecule has 1 heterocycles. The lowest BCUT2D eigenvalue weighted by molar-refractivity contribution is 0.0925. The van der Waals surface area contributed by atoms with E-state index in [4.69, 9.17) is 0 Å². The van der Waals surface area contributed by atoms with Gasteiger partial charge in [0, 0.05) is 12.6 Å². The first kappa shape index (κ1) is 16.9. The average Bonchev–Trinajstić information content (AvgIpc) is 2.37. The van der Waals surface area contributed by atoms with Crippen LogP contribution < -0.4 is 10.6 Å². The summed E-state index contributed by atoms with van der Waals surface area (Å²) in [6.07, 6.45) is 2.30. The third kappa shape index (κ3) is 3.93. The van der Waals surface area contributed by atoms with Gasteiger partial charge in [-0.05, 0) is 36.9 Å². The smallest absolute Gasteiger partial charge is 0.254 e. The van der Waals surface area contributed by atoms with Crippen LogP contribution in [0.25, 0.3) is 0 Å². The van der Waals surface area contributed by atoms with E-state index in [0.29, 0.717) is 6.54 Å². The summed E-state index contributed by atoms with van der Waals surface area (Å²) in [5, 5.41) is 6.25. The molecule has 1 aliphatic heterocycles. The van der Waals surface area contributed by atoms with Crippen LogP contribution in [-0.2, 0) is 0 Å². The minimum atomic E-state index is -0.476. The van der Waals surface area contributed by atoms with Gasteiger partial charge < -0.3 is 10.6 Å². The highest BCUT2D eigenvalue weighted by atomic mass is 35.5. The van der Waals surface area contributed by atoms with Crippen molar-refractivity contribution in [3.8, 4) is 0 Å². The van der Waals surface area contributed by atoms with Gasteiger partial charge in [0.1, 0.15) is 5.82 Å². The molecule has 1 saturated heterocycles. The van der Waals surface area contributed by atoms with Crippen LogP contribution in [0, 0.1) is 11.2 Å². The minimum absolute atomic E-state index is 0. The van der Waals surface area contributed by atoms with Crippen LogP contribution >= 0.6 is 12.4 Å². The zero-order valence-electron chi connectivity index (χ0n) is 11.9. The summed E-state index contributed by atoms with van der Waals surface area (Å²) in [5.41, 5.74) is 0.261. The maximum Gasteiger partial charge on any atom is 0.254 e. The van der Waals surface area contributed by atoms with Crippen molar-refractivity contribution in [1.29, 1.82) is 0 Å². The maximum absolute atomic E-state index is 13.5. The molecular weight excluding hydrogens is 279 g/mol. The van der Waals surface area contributed by atoms with Crippen molar-refractivity contribution in [3.63, 3.8) is 0 Å². The van der Waals surface area contributed by atoms with E-state index >= 15 is 0 Å². The largest absolute Gasteiger partial charge is 0.350 e. The molecule has 1 aromatic carbocycles. The third-order valence-electron chi connectivity index (χ3n) is 3.92. The molecule has 3 nitrogen and oxygen atoms in total. The Bertz CT molecular complexity index is 465. The van der Waals surface area contributed by atoms with Crippen LogP contribution in [0.3, 0.4) is 0 Å². The Labute approximate surface area is 125 Å². The number of amides is 1. The summed E-state index contributed by atoms with van der Waals surface area (Å²) in [6, 6.07) is 6.29. The van der Waals surface area contributed by atoms with Crippen molar-refractivity contribution in [1.82, 2.24) is 10.6 Å². The molecule has 1 atom stereocenters. The van der Waals surface area contributed by atoms with E-state index in [2.05, 4.69) is 24.5 Å². The second-order valence-corrected chi connectivity index (χ2v) is 5.79. The molecule has 20 heavy (non-hydrogen) atoms. The maximum atomic E-state index is 13.5. The molecular formula is C15H22ClFN2O. The first-order chi connectivity index (χ1) is 9.00. The molecule has 5 heteroatoms. The SMILES string of the molecule is CC1(C)CCCNC1CNC(=O)c1ccccc1F.Cl. The van der Waals surface area contributed by atoms with E-state index in [1.54, 1.807) is 12.1 Å². The highest BCUT2D eigenvalue weighted by Crippen LogP contribution is 2.29. The number of rotatable bonds is 3. The number of benzene rings is 1. The molecule has 112 valence electrons. The number of hydrogen-bond acceptors (Lipinski definition) is 2. The van der Waals surface area contributed by atoms with Gasteiger partial charge in [-0.1, -0.05) is 26.0 Å². The standard InChI is InChI=1S/C15H21FN2O.ClH/c1-15(2)8-5-9-17-13(15)10-18-14(19)11-6-3-4-7-12(11)16;/h3-4,6-7,13,17H,5,8-10H2,1-2H3,(H,18,19);1H. The summed E-state index contributed by atoms with van der Waals surface area (Å²) >= 11 is 0. The van der Waals surface area contributed by atoms with E-state index in [1.165, 1.54) is 12.1 Å². The molecule has 0 spiro atoms. The zero-order chi connectivity index (χ0) is 13.9. The third-order valence-corrected chi connectivity index (χ3v) is 3.92. The van der Waals surface area contributed by atoms with E-state index in [1.807, 2.05) is 0 Å². The van der Waals surface area contributed by atoms with Crippen molar-refractivity contribution < 1.29 is 9.18 Å². The first-order valence-corrected chi connectivity index (χ1v) is 6.77. The Kier molecular flexibility index (Phi) is 5.96. The Morgan fingerprint density at radius 1 is 1.45 bits per heavy atom. The molecule has 1 unspecified atom stereocenters. The van der Waals surface area contributed by atoms with Crippen molar-refractivity contribution in [2.45, 2.75) is 32.7 Å². The summed E-state index contributed by atoms with van der Waals surface area (Å²) in [7, 11) is 0. The number of nitrogens with one attached hydrogen (secondary N) is 2. The predicted octanol–water partition coefficient (Wildman–Crippen LogP) is 2.76. The molecule has 1 aromatic rings. The summed E-state index contributed by atoms with van der Waals surface area (Å²) in [4.78, 5) is 11.9. The number of hydrogen-bond donors (Lipinski definition) is 2. The average molecular weight is 301 g/mol. The lowest BCUT2D eigenvalue weighted by Gasteiger charge is -2.39. The molecule has 1 amide bonds. The van der Waals surface area contributed by atoms with Gasteiger partial charge in [0.2, 0.25) is 0 Å². The van der Waals surface area contributed by atoms with Crippen molar-refractivity contribution in [2.75, 3.05) is 13.1 Å². The van der Waals surface area contributed by atoms with Gasteiger partial charge in [-0.3, -0.25) is 4.79 Å². The molecule has 2 N–H and O–H groups in total. The molecule has 0 radical (unpaired) electrons. The van der Waals surface area contributed by atoms with Gasteiger partial charge in [-0.2, -0.15) is 0 Å². The second-order valence-electron chi connectivity index (χ2n) is 5.79. The second kappa shape index (κ2) is 7.04. The Morgan fingerprint density at radius 3 is 2.80 bits per heavy atom. The van der Waals surface area contributed by atoms with Crippen molar-refractivity contribution in [3.05, 3.63) is 35.6 Å². The zero-order valence-corrected chi connectivity index (χ0v) is 12.7. The molecule has 0 saturated carbocycles. The van der Waals surface area contributed by atoms with Crippen LogP contribution in [-0.4, -0.2) is 25.0 Å². The van der Waals surface area contributed by atoms with Crippen molar-refractivity contribution >= 4 is 18.3 Å². The minimum Gasteiger partial charge on any atom is -0.350 e. The molecule has 1 aliphatic rings. The van der Waals surface area contributed by atoms with Crippen LogP contribution in [0.15, 0.2) is 24.3 Å². The summed E-state index contributed by atoms with van der Waals surface area (Å²) in [5.74, 6) is -0.822. The van der Waals surface area contributed by atoms with Gasteiger partial charge in [-0.25, -0.2) is 4.39 Å².